The smallest absolute Gasteiger partial charge is 0.159 e. The van der Waals surface area contributed by atoms with Gasteiger partial charge in [-0.3, -0.25) is 0 Å². The van der Waals surface area contributed by atoms with Crippen LogP contribution >= 0.6 is 0 Å². The summed E-state index contributed by atoms with van der Waals surface area (Å²) in [4.78, 5) is 8.94. The van der Waals surface area contributed by atoms with Crippen molar-refractivity contribution in [2.45, 2.75) is 104 Å². The molecule has 0 aliphatic heterocycles. The predicted molar refractivity (Wildman–Crippen MR) is 587 cm³/mol. The van der Waals surface area contributed by atoms with Gasteiger partial charge in [0.25, 0.3) is 0 Å². The second kappa shape index (κ2) is 32.4. The molecule has 6 aromatic heterocycles. The van der Waals surface area contributed by atoms with Gasteiger partial charge in [-0.2, -0.15) is 10.5 Å². The van der Waals surface area contributed by atoms with Crippen LogP contribution in [0.1, 0.15) is 115 Å². The van der Waals surface area contributed by atoms with Crippen LogP contribution in [0.5, 0.6) is 0 Å². The van der Waals surface area contributed by atoms with Crippen LogP contribution in [-0.2, 0) is 21.7 Å². The first kappa shape index (κ1) is 86.6. The highest BCUT2D eigenvalue weighted by Gasteiger charge is 2.37. The average molecular weight is 1870 g/mol. The van der Waals surface area contributed by atoms with E-state index >= 15 is 8.78 Å². The Balaban J connectivity index is 0.583. The first-order valence-corrected chi connectivity index (χ1v) is 49.0. The maximum absolute atomic E-state index is 15.7. The number of nitrogens with zero attached hydrogens (tertiary/aromatic N) is 6. The summed E-state index contributed by atoms with van der Waals surface area (Å²) in [5.74, 6) is -0.722. The van der Waals surface area contributed by atoms with E-state index < -0.39 is 10.8 Å². The largest absolute Gasteiger partial charge is 0.455 e. The third kappa shape index (κ3) is 13.6. The van der Waals surface area contributed by atoms with Gasteiger partial charge in [-0.1, -0.05) is 288 Å². The molecule has 0 spiro atoms. The van der Waals surface area contributed by atoms with Gasteiger partial charge in [-0.05, 0) is 180 Å². The van der Waals surface area contributed by atoms with Crippen LogP contribution in [0.25, 0.3) is 175 Å². The minimum Gasteiger partial charge on any atom is -0.455 e. The van der Waals surface area contributed by atoms with Crippen molar-refractivity contribution in [1.29, 1.82) is 10.5 Å². The minimum atomic E-state index is -0.477. The molecule has 0 bridgehead atoms. The number of halogens is 2. The number of furan rings is 6. The Morgan fingerprint density at radius 1 is 0.201 bits per heavy atom. The third-order valence-corrected chi connectivity index (χ3v) is 30.0. The second-order valence-corrected chi connectivity index (χ2v) is 41.6. The number of benzene rings is 20. The van der Waals surface area contributed by atoms with Crippen molar-refractivity contribution in [3.8, 4) is 12.1 Å². The highest BCUT2D eigenvalue weighted by atomic mass is 19.1. The van der Waals surface area contributed by atoms with Gasteiger partial charge < -0.3 is 46.1 Å². The van der Waals surface area contributed by atoms with Crippen LogP contribution in [-0.4, -0.2) is 0 Å². The van der Waals surface area contributed by atoms with Crippen molar-refractivity contribution in [3.63, 3.8) is 0 Å². The summed E-state index contributed by atoms with van der Waals surface area (Å²) in [5.41, 5.74) is 22.5. The number of hydrogen-bond acceptors (Lipinski definition) is 12. The van der Waals surface area contributed by atoms with Crippen molar-refractivity contribution in [1.82, 2.24) is 0 Å². The fourth-order valence-electron chi connectivity index (χ4n) is 22.8. The highest BCUT2D eigenvalue weighted by Crippen LogP contribution is 2.58. The average Bonchev–Trinajstić information content (AvgIpc) is 1.54. The molecule has 0 aliphatic carbocycles. The van der Waals surface area contributed by atoms with E-state index in [1.165, 1.54) is 24.3 Å². The van der Waals surface area contributed by atoms with E-state index in [1.54, 1.807) is 0 Å². The summed E-state index contributed by atoms with van der Waals surface area (Å²) in [6.45, 7) is 22.6. The Hall–Kier alpha value is -17.7. The fourth-order valence-corrected chi connectivity index (χ4v) is 22.8. The minimum absolute atomic E-state index is 0.208. The molecule has 0 aliphatic rings. The molecule has 0 N–H and O–H groups in total. The van der Waals surface area contributed by atoms with Gasteiger partial charge in [0.2, 0.25) is 0 Å². The maximum atomic E-state index is 15.7. The number of hydrogen-bond donors (Lipinski definition) is 0. The number of anilines is 12. The summed E-state index contributed by atoms with van der Waals surface area (Å²) >= 11 is 0. The second-order valence-electron chi connectivity index (χ2n) is 41.6. The molecule has 26 rings (SSSR count). The topological polar surface area (TPSA) is 139 Å². The van der Waals surface area contributed by atoms with E-state index in [-0.39, 0.29) is 22.5 Å². The predicted octanol–water partition coefficient (Wildman–Crippen LogP) is 38.2. The van der Waals surface area contributed by atoms with Crippen molar-refractivity contribution in [2.24, 2.45) is 0 Å². The Labute approximate surface area is 827 Å². The zero-order valence-electron chi connectivity index (χ0n) is 80.9. The first-order valence-electron chi connectivity index (χ1n) is 49.0. The Bertz CT molecular complexity index is 9960. The van der Waals surface area contributed by atoms with Crippen LogP contribution in [0.2, 0.25) is 0 Å². The van der Waals surface area contributed by atoms with Gasteiger partial charge in [-0.25, -0.2) is 8.78 Å². The fraction of sp³-hybridized carbons (Fsp3) is 0.123. The van der Waals surface area contributed by atoms with Crippen LogP contribution < -0.4 is 19.6 Å². The van der Waals surface area contributed by atoms with Crippen molar-refractivity contribution >= 4 is 243 Å². The lowest BCUT2D eigenvalue weighted by molar-refractivity contribution is 0.374. The van der Waals surface area contributed by atoms with Gasteiger partial charge in [0, 0.05) is 153 Å². The number of para-hydroxylation sites is 8. The monoisotopic (exact) mass is 1870 g/mol. The van der Waals surface area contributed by atoms with E-state index in [0.29, 0.717) is 44.7 Å². The molecule has 0 atom stereocenters. The summed E-state index contributed by atoms with van der Waals surface area (Å²) in [7, 11) is 0. The molecule has 0 saturated carbocycles. The van der Waals surface area contributed by atoms with Crippen LogP contribution in [0.4, 0.5) is 77.0 Å². The Morgan fingerprint density at radius 3 is 0.639 bits per heavy atom. The zero-order valence-corrected chi connectivity index (χ0v) is 80.9. The Kier molecular flexibility index (Phi) is 19.5. The van der Waals surface area contributed by atoms with E-state index in [4.69, 9.17) is 26.5 Å². The van der Waals surface area contributed by atoms with Crippen LogP contribution in [0.15, 0.2) is 390 Å². The van der Waals surface area contributed by atoms with Gasteiger partial charge in [-0.15, -0.1) is 0 Å². The van der Waals surface area contributed by atoms with Crippen molar-refractivity contribution < 1.29 is 35.3 Å². The van der Waals surface area contributed by atoms with E-state index in [9.17, 15) is 10.5 Å². The molecule has 26 aromatic rings. The third-order valence-electron chi connectivity index (χ3n) is 30.0. The molecule has 0 unspecified atom stereocenters. The molecular formula is C130H94F2N6O6. The lowest BCUT2D eigenvalue weighted by Gasteiger charge is -2.32. The van der Waals surface area contributed by atoms with Gasteiger partial charge in [0.15, 0.2) is 22.3 Å². The molecule has 144 heavy (non-hydrogen) atoms. The lowest BCUT2D eigenvalue weighted by Crippen LogP contribution is -2.24. The molecule has 0 amide bonds. The summed E-state index contributed by atoms with van der Waals surface area (Å²) in [6, 6.07) is 127. The van der Waals surface area contributed by atoms with E-state index in [2.05, 4.69) is 344 Å². The highest BCUT2D eigenvalue weighted by molar-refractivity contribution is 6.29. The number of nitriles is 2. The lowest BCUT2D eigenvalue weighted by atomic mass is 9.72. The number of fused-ring (bicyclic) bond motifs is 26. The quantitative estimate of drug-likeness (QED) is 0.0857. The van der Waals surface area contributed by atoms with E-state index in [0.717, 1.165) is 244 Å². The molecule has 0 saturated heterocycles. The van der Waals surface area contributed by atoms with Crippen LogP contribution in [0, 0.1) is 34.3 Å². The standard InChI is InChI=1S/C130H94F2N6O6/c1-127(2,3)103-43-19-35-91-95-39-23-47-107(123(95)141-119(91)103)135(79-59-51-75(73-133)52-60-79)111-69-99-100-70-112(84-28-12-16-32-88(84)116(100)139-115(99)87-31-15-11-27-83(87)111)136(80-61-53-76(74-134)54-62-80)109-49-25-41-97-93-37-21-45-105(121(93)143-125(97)109)129(7,8)67-68-130(9,10)106-46-22-38-94-98-42-26-50-110(126(98)144-122(94)106)138(82-65-57-78(132)58-66-82)114-72-102-101-71-113(85-29-13-17-33-89(85)117(101)140-118(102)90-34-18-14-30-86(90)114)137(81-63-55-77(131)56-64-81)108-48-24-40-96-92-36-20-44-104(128(4,5)6)120(92)142-124(96)108/h11-66,69-72H,67-68H2,1-10H3. The molecule has 20 aromatic carbocycles. The normalized spacial score (nSPS) is 12.5. The van der Waals surface area contributed by atoms with Crippen molar-refractivity contribution in [2.75, 3.05) is 19.6 Å². The molecule has 6 heterocycles. The maximum Gasteiger partial charge on any atom is 0.159 e. The van der Waals surface area contributed by atoms with Gasteiger partial charge >= 0.3 is 0 Å². The molecule has 12 nitrogen and oxygen atoms in total. The summed E-state index contributed by atoms with van der Waals surface area (Å²) in [5, 5.41) is 39.2. The van der Waals surface area contributed by atoms with E-state index in [1.807, 2.05) is 97.1 Å². The van der Waals surface area contributed by atoms with Crippen LogP contribution in [0.3, 0.4) is 0 Å². The zero-order chi connectivity index (χ0) is 97.8. The summed E-state index contributed by atoms with van der Waals surface area (Å²) in [6.07, 6.45) is 1.49. The van der Waals surface area contributed by atoms with Gasteiger partial charge in [0.05, 0.1) is 68.8 Å². The number of rotatable bonds is 17. The molecular weight excluding hydrogens is 1780 g/mol. The molecule has 14 heteroatoms. The summed E-state index contributed by atoms with van der Waals surface area (Å²) < 4.78 is 75.4. The van der Waals surface area contributed by atoms with Crippen molar-refractivity contribution in [3.05, 3.63) is 409 Å². The molecule has 0 radical (unpaired) electrons. The molecule has 694 valence electrons. The SMILES string of the molecule is CC(C)(C)c1cccc2c1oc1c(N(c3ccc(F)cc3)c3cc4c5cc(N(c6ccc(F)cc6)c6cccc7c6oc6c(C(C)(C)CCC(C)(C)c8cccc9c8oc8c(N(c%10ccc(C#N)cc%10)c%10cc%11c%12cc(N(c%13ccc(C#N)cc%13)c%13cccc%14c%13oc%13c(C(C)(C)C)cccc%13%14)c%13ccccc%13c%12oc%11c%11ccccc%10%11)cccc89)cccc67)c6ccccc6c5oc4c4ccccc34)cccc12. The first-order chi connectivity index (χ1) is 69.9. The van der Waals surface area contributed by atoms with Gasteiger partial charge in [0.1, 0.15) is 56.3 Å². The Morgan fingerprint density at radius 2 is 0.396 bits per heavy atom. The molecule has 0 fully saturated rings.